The molecule has 0 fully saturated rings. The maximum Gasteiger partial charge on any atom is 0.191 e. The molecule has 0 N–H and O–H groups in total. The summed E-state index contributed by atoms with van der Waals surface area (Å²) in [7, 11) is 0. The number of hydrogen-bond donors (Lipinski definition) is 0. The molecule has 0 radical (unpaired) electrons. The van der Waals surface area contributed by atoms with Gasteiger partial charge in [-0.3, -0.25) is 0 Å². The van der Waals surface area contributed by atoms with E-state index in [0.717, 1.165) is 26.3 Å². The molecule has 0 saturated carbocycles. The van der Waals surface area contributed by atoms with Gasteiger partial charge >= 0.3 is 0 Å². The summed E-state index contributed by atoms with van der Waals surface area (Å²) in [4.78, 5) is 9.55. The molecule has 6 aromatic rings. The fourth-order valence-corrected chi connectivity index (χ4v) is 5.81. The van der Waals surface area contributed by atoms with Gasteiger partial charge in [-0.05, 0) is 29.3 Å². The summed E-state index contributed by atoms with van der Waals surface area (Å²) in [6.07, 6.45) is 0. The molecule has 2 nitrogen and oxygen atoms in total. The van der Waals surface area contributed by atoms with Crippen LogP contribution in [-0.2, 0) is 0 Å². The van der Waals surface area contributed by atoms with Crippen LogP contribution < -0.4 is 0 Å². The molecule has 0 amide bonds. The SMILES string of the molecule is Ic1nc(-c2ccc(-c3ccccc3)cc2)cc(-c2cccc3sc4ccccc4c23)n1. The minimum absolute atomic E-state index is 0.749. The van der Waals surface area contributed by atoms with E-state index in [1.807, 2.05) is 17.4 Å². The van der Waals surface area contributed by atoms with Gasteiger partial charge in [0.05, 0.1) is 11.4 Å². The molecule has 152 valence electrons. The van der Waals surface area contributed by atoms with Crippen LogP contribution in [0.15, 0.2) is 103 Å². The van der Waals surface area contributed by atoms with Crippen LogP contribution in [0.1, 0.15) is 0 Å². The van der Waals surface area contributed by atoms with Crippen molar-refractivity contribution in [2.24, 2.45) is 0 Å². The number of thiophene rings is 1. The maximum absolute atomic E-state index is 4.81. The van der Waals surface area contributed by atoms with Crippen LogP contribution >= 0.6 is 33.9 Å². The molecule has 0 bridgehead atoms. The predicted octanol–water partition coefficient (Wildman–Crippen LogP) is 8.45. The Morgan fingerprint density at radius 3 is 2.06 bits per heavy atom. The van der Waals surface area contributed by atoms with Crippen molar-refractivity contribution in [3.8, 4) is 33.6 Å². The lowest BCUT2D eigenvalue weighted by Crippen LogP contribution is -1.95. The van der Waals surface area contributed by atoms with Crippen molar-refractivity contribution in [3.63, 3.8) is 0 Å². The first-order valence-electron chi connectivity index (χ1n) is 10.4. The number of hydrogen-bond acceptors (Lipinski definition) is 3. The van der Waals surface area contributed by atoms with E-state index in [-0.39, 0.29) is 0 Å². The lowest BCUT2D eigenvalue weighted by atomic mass is 10.0. The van der Waals surface area contributed by atoms with Crippen LogP contribution in [0.25, 0.3) is 53.8 Å². The number of halogens is 1. The van der Waals surface area contributed by atoms with E-state index in [2.05, 4.69) is 120 Å². The highest BCUT2D eigenvalue weighted by Gasteiger charge is 2.14. The van der Waals surface area contributed by atoms with Gasteiger partial charge in [0.15, 0.2) is 3.83 Å². The highest BCUT2D eigenvalue weighted by atomic mass is 127. The molecule has 0 atom stereocenters. The molecule has 0 unspecified atom stereocenters. The average Bonchev–Trinajstić information content (AvgIpc) is 3.23. The van der Waals surface area contributed by atoms with Gasteiger partial charge in [-0.15, -0.1) is 11.3 Å². The van der Waals surface area contributed by atoms with E-state index >= 15 is 0 Å². The predicted molar refractivity (Wildman–Crippen MR) is 144 cm³/mol. The van der Waals surface area contributed by atoms with Gasteiger partial charge in [-0.2, -0.15) is 0 Å². The van der Waals surface area contributed by atoms with Crippen LogP contribution in [0.4, 0.5) is 0 Å². The Hall–Kier alpha value is -3.09. The molecular weight excluding hydrogens is 523 g/mol. The third-order valence-corrected chi connectivity index (χ3v) is 7.28. The molecule has 4 aromatic carbocycles. The van der Waals surface area contributed by atoms with Gasteiger partial charge in [-0.25, -0.2) is 9.97 Å². The maximum atomic E-state index is 4.81. The van der Waals surface area contributed by atoms with Gasteiger partial charge in [0.2, 0.25) is 0 Å². The van der Waals surface area contributed by atoms with Gasteiger partial charge in [0, 0.05) is 53.9 Å². The molecule has 0 aliphatic carbocycles. The summed E-state index contributed by atoms with van der Waals surface area (Å²) in [5, 5.41) is 2.55. The Kier molecular flexibility index (Phi) is 4.97. The Morgan fingerprint density at radius 1 is 0.562 bits per heavy atom. The van der Waals surface area contributed by atoms with Crippen LogP contribution in [0.2, 0.25) is 0 Å². The molecule has 0 spiro atoms. The molecule has 6 rings (SSSR count). The Labute approximate surface area is 203 Å². The van der Waals surface area contributed by atoms with Crippen molar-refractivity contribution in [1.29, 1.82) is 0 Å². The fourth-order valence-electron chi connectivity index (χ4n) is 4.16. The van der Waals surface area contributed by atoms with Crippen LogP contribution in [0.3, 0.4) is 0 Å². The first-order valence-corrected chi connectivity index (χ1v) is 12.3. The van der Waals surface area contributed by atoms with Gasteiger partial charge in [0.25, 0.3) is 0 Å². The molecule has 4 heteroatoms. The lowest BCUT2D eigenvalue weighted by molar-refractivity contribution is 1.12. The molecule has 2 heterocycles. The second kappa shape index (κ2) is 8.11. The number of benzene rings is 4. The minimum atomic E-state index is 0.749. The zero-order valence-corrected chi connectivity index (χ0v) is 20.0. The molecule has 32 heavy (non-hydrogen) atoms. The largest absolute Gasteiger partial charge is 0.223 e. The molecule has 2 aromatic heterocycles. The fraction of sp³-hybridized carbons (Fsp3) is 0. The van der Waals surface area contributed by atoms with Crippen LogP contribution in [0.5, 0.6) is 0 Å². The molecule has 0 saturated heterocycles. The van der Waals surface area contributed by atoms with Gasteiger partial charge in [0.1, 0.15) is 0 Å². The number of rotatable bonds is 3. The second-order valence-electron chi connectivity index (χ2n) is 7.63. The van der Waals surface area contributed by atoms with Crippen LogP contribution in [0, 0.1) is 3.83 Å². The molecular formula is C28H17IN2S. The lowest BCUT2D eigenvalue weighted by Gasteiger charge is -2.09. The number of fused-ring (bicyclic) bond motifs is 3. The van der Waals surface area contributed by atoms with E-state index in [0.29, 0.717) is 0 Å². The third kappa shape index (κ3) is 3.49. The highest BCUT2D eigenvalue weighted by Crippen LogP contribution is 2.40. The standard InChI is InChI=1S/C28H17IN2S/c29-28-30-23(20-15-13-19(14-16-20)18-7-2-1-3-8-18)17-24(31-28)21-10-6-12-26-27(21)22-9-4-5-11-25(22)32-26/h1-17H. The topological polar surface area (TPSA) is 25.8 Å². The Morgan fingerprint density at radius 2 is 1.22 bits per heavy atom. The third-order valence-electron chi connectivity index (χ3n) is 5.67. The smallest absolute Gasteiger partial charge is 0.191 e. The molecule has 0 aliphatic heterocycles. The zero-order chi connectivity index (χ0) is 21.5. The summed E-state index contributed by atoms with van der Waals surface area (Å²) < 4.78 is 3.33. The average molecular weight is 540 g/mol. The normalized spacial score (nSPS) is 11.3. The van der Waals surface area contributed by atoms with E-state index in [4.69, 9.17) is 9.97 Å². The number of nitrogens with zero attached hydrogens (tertiary/aromatic N) is 2. The van der Waals surface area contributed by atoms with E-state index in [1.165, 1.54) is 31.3 Å². The summed E-state index contributed by atoms with van der Waals surface area (Å²) in [6.45, 7) is 0. The van der Waals surface area contributed by atoms with Crippen molar-refractivity contribution < 1.29 is 0 Å². The van der Waals surface area contributed by atoms with E-state index < -0.39 is 0 Å². The van der Waals surface area contributed by atoms with Crippen molar-refractivity contribution in [3.05, 3.63) is 107 Å². The Bertz CT molecular complexity index is 1570. The second-order valence-corrected chi connectivity index (χ2v) is 9.68. The number of aromatic nitrogens is 2. The van der Waals surface area contributed by atoms with Gasteiger partial charge < -0.3 is 0 Å². The first kappa shape index (κ1) is 19.6. The summed E-state index contributed by atoms with van der Waals surface area (Å²) in [5.74, 6) is 0. The highest BCUT2D eigenvalue weighted by molar-refractivity contribution is 14.1. The van der Waals surface area contributed by atoms with Crippen molar-refractivity contribution in [1.82, 2.24) is 9.97 Å². The van der Waals surface area contributed by atoms with Crippen molar-refractivity contribution >= 4 is 54.1 Å². The minimum Gasteiger partial charge on any atom is -0.223 e. The monoisotopic (exact) mass is 540 g/mol. The molecule has 0 aliphatic rings. The summed E-state index contributed by atoms with van der Waals surface area (Å²) in [5.41, 5.74) is 6.56. The van der Waals surface area contributed by atoms with Gasteiger partial charge in [-0.1, -0.05) is 84.9 Å². The van der Waals surface area contributed by atoms with E-state index in [9.17, 15) is 0 Å². The van der Waals surface area contributed by atoms with Crippen LogP contribution in [-0.4, -0.2) is 9.97 Å². The van der Waals surface area contributed by atoms with Crippen molar-refractivity contribution in [2.75, 3.05) is 0 Å². The van der Waals surface area contributed by atoms with Crippen molar-refractivity contribution in [2.45, 2.75) is 0 Å². The Balaban J connectivity index is 1.48. The zero-order valence-electron chi connectivity index (χ0n) is 17.0. The van der Waals surface area contributed by atoms with E-state index in [1.54, 1.807) is 0 Å². The first-order chi connectivity index (χ1) is 15.8. The quantitative estimate of drug-likeness (QED) is 0.166. The summed E-state index contributed by atoms with van der Waals surface area (Å²) in [6, 6.07) is 36.2. The summed E-state index contributed by atoms with van der Waals surface area (Å²) >= 11 is 4.05.